The molecule has 0 aliphatic carbocycles. The van der Waals surface area contributed by atoms with Gasteiger partial charge in [-0.15, -0.1) is 0 Å². The minimum atomic E-state index is -0.477. The molecule has 8 heteroatoms. The number of aryl methyl sites for hydroxylation is 2. The number of hydrogen-bond donors (Lipinski definition) is 0. The number of carbonyl (C=O) groups excluding carboxylic acids is 1. The molecule has 0 unspecified atom stereocenters. The highest BCUT2D eigenvalue weighted by Crippen LogP contribution is 2.33. The zero-order chi connectivity index (χ0) is 22.7. The summed E-state index contributed by atoms with van der Waals surface area (Å²) in [6, 6.07) is 13.5. The summed E-state index contributed by atoms with van der Waals surface area (Å²) >= 11 is 0. The molecule has 2 heterocycles. The second kappa shape index (κ2) is 8.97. The van der Waals surface area contributed by atoms with Crippen LogP contribution in [0.15, 0.2) is 61.3 Å². The van der Waals surface area contributed by atoms with Crippen LogP contribution in [0, 0.1) is 6.92 Å². The molecule has 8 nitrogen and oxygen atoms in total. The van der Waals surface area contributed by atoms with E-state index in [9.17, 15) is 4.79 Å². The van der Waals surface area contributed by atoms with Crippen LogP contribution >= 0.6 is 0 Å². The Bertz CT molecular complexity index is 1300. The number of aromatic nitrogens is 4. The third-order valence-corrected chi connectivity index (χ3v) is 5.20. The molecular formula is C24H24N4O4. The Hall–Kier alpha value is -4.07. The normalized spacial score (nSPS) is 11.6. The lowest BCUT2D eigenvalue weighted by Crippen LogP contribution is -2.08. The van der Waals surface area contributed by atoms with Gasteiger partial charge in [0.2, 0.25) is 5.78 Å². The molecule has 2 aromatic heterocycles. The Labute approximate surface area is 185 Å². The predicted molar refractivity (Wildman–Crippen MR) is 120 cm³/mol. The summed E-state index contributed by atoms with van der Waals surface area (Å²) in [5, 5.41) is 4.23. The zero-order valence-electron chi connectivity index (χ0n) is 18.4. The maximum atomic E-state index is 12.3. The number of imidazole rings is 1. The Balaban J connectivity index is 1.69. The third kappa shape index (κ3) is 3.94. The minimum Gasteiger partial charge on any atom is -0.503 e. The maximum absolute atomic E-state index is 12.3. The lowest BCUT2D eigenvalue weighted by atomic mass is 10.0. The fourth-order valence-electron chi connectivity index (χ4n) is 3.62. The first-order valence-electron chi connectivity index (χ1n) is 10.0. The molecule has 2 aromatic carbocycles. The topological polar surface area (TPSA) is 79.9 Å². The average Bonchev–Trinajstić information content (AvgIpc) is 3.39. The highest BCUT2D eigenvalue weighted by Gasteiger charge is 2.18. The Morgan fingerprint density at radius 1 is 1.16 bits per heavy atom. The van der Waals surface area contributed by atoms with Crippen molar-refractivity contribution in [3.8, 4) is 17.0 Å². The second-order valence-corrected chi connectivity index (χ2v) is 7.28. The maximum Gasteiger partial charge on any atom is 0.341 e. The molecule has 0 amide bonds. The molecule has 4 rings (SSSR count). The predicted octanol–water partition coefficient (Wildman–Crippen LogP) is 3.78. The molecular weight excluding hydrogens is 408 g/mol. The molecule has 0 N–H and O–H groups in total. The zero-order valence-corrected chi connectivity index (χ0v) is 18.4. The van der Waals surface area contributed by atoms with Gasteiger partial charge in [0.15, 0.2) is 0 Å². The van der Waals surface area contributed by atoms with Crippen molar-refractivity contribution in [1.82, 2.24) is 19.2 Å². The van der Waals surface area contributed by atoms with Crippen molar-refractivity contribution in [2.45, 2.75) is 13.5 Å². The van der Waals surface area contributed by atoms with Gasteiger partial charge in [0.1, 0.15) is 24.3 Å². The smallest absolute Gasteiger partial charge is 0.341 e. The van der Waals surface area contributed by atoms with Gasteiger partial charge in [0.05, 0.1) is 32.4 Å². The highest BCUT2D eigenvalue weighted by molar-refractivity contribution is 6.16. The Morgan fingerprint density at radius 3 is 2.72 bits per heavy atom. The van der Waals surface area contributed by atoms with Crippen LogP contribution in [0.5, 0.6) is 5.75 Å². The van der Waals surface area contributed by atoms with Crippen LogP contribution < -0.4 is 4.74 Å². The fraction of sp³-hybridized carbons (Fsp3) is 0.208. The molecule has 164 valence electrons. The lowest BCUT2D eigenvalue weighted by molar-refractivity contribution is -0.133. The number of rotatable bonds is 7. The molecule has 0 atom stereocenters. The molecule has 0 saturated heterocycles. The highest BCUT2D eigenvalue weighted by atomic mass is 16.5. The van der Waals surface area contributed by atoms with E-state index in [2.05, 4.69) is 16.1 Å². The number of carbonyl (C=O) groups is 1. The van der Waals surface area contributed by atoms with Crippen molar-refractivity contribution in [2.24, 2.45) is 7.05 Å². The standard InChI is InChI=1S/C24H24N4O4/c1-16-9-10-22(19(11-16)21-12-28-24(27(21)2)25-15-26-28)32-13-17-7-5-6-8-18(17)20(14-30-3)23(29)31-4/h5-12,14-15H,13H2,1-4H3/b20-14-. The molecule has 0 aliphatic rings. The first kappa shape index (κ1) is 21.2. The molecule has 0 bridgehead atoms. The van der Waals surface area contributed by atoms with Crippen LogP contribution in [0.25, 0.3) is 22.6 Å². The largest absolute Gasteiger partial charge is 0.503 e. The average molecular weight is 432 g/mol. The number of esters is 1. The third-order valence-electron chi connectivity index (χ3n) is 5.20. The van der Waals surface area contributed by atoms with E-state index in [0.717, 1.165) is 28.2 Å². The van der Waals surface area contributed by atoms with Crippen molar-refractivity contribution >= 4 is 17.3 Å². The van der Waals surface area contributed by atoms with E-state index in [-0.39, 0.29) is 6.61 Å². The van der Waals surface area contributed by atoms with Gasteiger partial charge in [0.25, 0.3) is 0 Å². The van der Waals surface area contributed by atoms with Crippen molar-refractivity contribution in [1.29, 1.82) is 0 Å². The van der Waals surface area contributed by atoms with Crippen molar-refractivity contribution in [3.63, 3.8) is 0 Å². The summed E-state index contributed by atoms with van der Waals surface area (Å²) in [6.07, 6.45) is 4.83. The van der Waals surface area contributed by atoms with Crippen molar-refractivity contribution in [3.05, 3.63) is 77.9 Å². The van der Waals surface area contributed by atoms with E-state index in [0.29, 0.717) is 16.9 Å². The number of hydrogen-bond acceptors (Lipinski definition) is 6. The number of ether oxygens (including phenoxy) is 3. The van der Waals surface area contributed by atoms with E-state index in [4.69, 9.17) is 14.2 Å². The number of nitrogens with zero attached hydrogens (tertiary/aromatic N) is 4. The fourth-order valence-corrected chi connectivity index (χ4v) is 3.62. The van der Waals surface area contributed by atoms with E-state index in [1.807, 2.05) is 61.1 Å². The summed E-state index contributed by atoms with van der Waals surface area (Å²) < 4.78 is 20.0. The summed E-state index contributed by atoms with van der Waals surface area (Å²) in [4.78, 5) is 16.6. The lowest BCUT2D eigenvalue weighted by Gasteiger charge is -2.15. The van der Waals surface area contributed by atoms with Crippen molar-refractivity contribution in [2.75, 3.05) is 14.2 Å². The van der Waals surface area contributed by atoms with Crippen LogP contribution in [0.4, 0.5) is 0 Å². The van der Waals surface area contributed by atoms with E-state index in [1.54, 1.807) is 4.52 Å². The monoisotopic (exact) mass is 432 g/mol. The van der Waals surface area contributed by atoms with Gasteiger partial charge in [-0.1, -0.05) is 35.9 Å². The molecule has 4 aromatic rings. The second-order valence-electron chi connectivity index (χ2n) is 7.28. The van der Waals surface area contributed by atoms with Gasteiger partial charge in [-0.05, 0) is 30.2 Å². The Morgan fingerprint density at radius 2 is 1.97 bits per heavy atom. The summed E-state index contributed by atoms with van der Waals surface area (Å²) in [6.45, 7) is 2.29. The minimum absolute atomic E-state index is 0.254. The van der Waals surface area contributed by atoms with Gasteiger partial charge >= 0.3 is 5.97 Å². The molecule has 0 radical (unpaired) electrons. The van der Waals surface area contributed by atoms with Gasteiger partial charge < -0.3 is 18.8 Å². The van der Waals surface area contributed by atoms with Gasteiger partial charge in [-0.2, -0.15) is 10.1 Å². The SMILES string of the molecule is CO/C=C(\C(=O)OC)c1ccccc1COc1ccc(C)cc1-c1cn2ncnc2n1C. The van der Waals surface area contributed by atoms with Gasteiger partial charge in [-0.25, -0.2) is 9.31 Å². The molecule has 0 spiro atoms. The van der Waals surface area contributed by atoms with Crippen LogP contribution in [0.3, 0.4) is 0 Å². The summed E-state index contributed by atoms with van der Waals surface area (Å²) in [5.41, 5.74) is 4.82. The van der Waals surface area contributed by atoms with Gasteiger partial charge in [0, 0.05) is 12.6 Å². The van der Waals surface area contributed by atoms with E-state index in [1.165, 1.54) is 26.8 Å². The molecule has 0 fully saturated rings. The van der Waals surface area contributed by atoms with Crippen LogP contribution in [-0.2, 0) is 27.9 Å². The van der Waals surface area contributed by atoms with Crippen molar-refractivity contribution < 1.29 is 19.0 Å². The Kier molecular flexibility index (Phi) is 5.93. The molecule has 0 saturated carbocycles. The van der Waals surface area contributed by atoms with Crippen LogP contribution in [0.2, 0.25) is 0 Å². The number of benzene rings is 2. The number of methoxy groups -OCH3 is 2. The van der Waals surface area contributed by atoms with Crippen LogP contribution in [-0.4, -0.2) is 39.4 Å². The van der Waals surface area contributed by atoms with Gasteiger partial charge in [-0.3, -0.25) is 0 Å². The molecule has 32 heavy (non-hydrogen) atoms. The number of fused-ring (bicyclic) bond motifs is 1. The van der Waals surface area contributed by atoms with Crippen LogP contribution in [0.1, 0.15) is 16.7 Å². The first-order valence-corrected chi connectivity index (χ1v) is 10.0. The first-order chi connectivity index (χ1) is 15.5. The molecule has 0 aliphatic heterocycles. The summed E-state index contributed by atoms with van der Waals surface area (Å²) in [7, 11) is 4.78. The van der Waals surface area contributed by atoms with E-state index >= 15 is 0 Å². The van der Waals surface area contributed by atoms with E-state index < -0.39 is 5.97 Å². The summed E-state index contributed by atoms with van der Waals surface area (Å²) in [5.74, 6) is 0.977. The quantitative estimate of drug-likeness (QED) is 0.251.